The minimum atomic E-state index is -0.927. The standard InChI is InChI=1S/C25H30N4O5/c1-16(2)22(29-25(33)34-15-17-7-4-3-5-8-17)20(30)13-18-14-21-26-12-10-19(28-21)9-6-11-27-24(32)23(18)31/h3-5,7-8,10,12,16,18,22H,6,9,11,13-15H2,1-2H3,(H,27,32)(H,29,33). The number of fused-ring (bicyclic) bond motifs is 2. The van der Waals surface area contributed by atoms with E-state index in [1.54, 1.807) is 26.1 Å². The SMILES string of the molecule is CC(C)C(NC(=O)OCc1ccccc1)C(=O)CC1Cc2nccc(n2)CCCNC(=O)C1=O. The molecule has 0 aliphatic carbocycles. The average molecular weight is 467 g/mol. The molecule has 1 aliphatic rings. The Morgan fingerprint density at radius 1 is 1.18 bits per heavy atom. The number of alkyl carbamates (subject to hydrolysis) is 1. The van der Waals surface area contributed by atoms with Crippen molar-refractivity contribution < 1.29 is 23.9 Å². The van der Waals surface area contributed by atoms with Crippen LogP contribution in [0.25, 0.3) is 0 Å². The molecule has 2 amide bonds. The molecule has 0 saturated heterocycles. The molecule has 0 radical (unpaired) electrons. The number of carbonyl (C=O) groups is 4. The first-order chi connectivity index (χ1) is 16.3. The maximum atomic E-state index is 13.2. The molecular weight excluding hydrogens is 436 g/mol. The van der Waals surface area contributed by atoms with E-state index in [9.17, 15) is 19.2 Å². The first-order valence-electron chi connectivity index (χ1n) is 11.5. The lowest BCUT2D eigenvalue weighted by Crippen LogP contribution is -2.46. The molecule has 3 rings (SSSR count). The molecule has 1 aromatic carbocycles. The summed E-state index contributed by atoms with van der Waals surface area (Å²) in [5.41, 5.74) is 1.64. The van der Waals surface area contributed by atoms with Gasteiger partial charge in [0.05, 0.1) is 6.04 Å². The molecule has 0 saturated carbocycles. The van der Waals surface area contributed by atoms with Gasteiger partial charge >= 0.3 is 6.09 Å². The summed E-state index contributed by atoms with van der Waals surface area (Å²) < 4.78 is 5.24. The first-order valence-corrected chi connectivity index (χ1v) is 11.5. The molecule has 1 aromatic heterocycles. The number of aromatic nitrogens is 2. The van der Waals surface area contributed by atoms with Gasteiger partial charge in [0.15, 0.2) is 5.78 Å². The predicted molar refractivity (Wildman–Crippen MR) is 124 cm³/mol. The van der Waals surface area contributed by atoms with Crippen molar-refractivity contribution in [3.8, 4) is 0 Å². The van der Waals surface area contributed by atoms with Gasteiger partial charge < -0.3 is 15.4 Å². The van der Waals surface area contributed by atoms with Gasteiger partial charge in [0.1, 0.15) is 12.4 Å². The number of nitrogens with one attached hydrogen (secondary N) is 2. The summed E-state index contributed by atoms with van der Waals surface area (Å²) >= 11 is 0. The monoisotopic (exact) mass is 466 g/mol. The Kier molecular flexibility index (Phi) is 8.84. The molecule has 2 heterocycles. The smallest absolute Gasteiger partial charge is 0.408 e. The molecule has 2 unspecified atom stereocenters. The van der Waals surface area contributed by atoms with Gasteiger partial charge in [0.2, 0.25) is 5.78 Å². The number of Topliss-reactive ketones (excluding diaryl/α,β-unsaturated/α-hetero) is 2. The fourth-order valence-electron chi connectivity index (χ4n) is 3.78. The summed E-state index contributed by atoms with van der Waals surface area (Å²) in [5, 5.41) is 5.24. The van der Waals surface area contributed by atoms with Crippen molar-refractivity contribution >= 4 is 23.6 Å². The molecule has 0 fully saturated rings. The lowest BCUT2D eigenvalue weighted by Gasteiger charge is -2.23. The Labute approximate surface area is 198 Å². The number of aryl methyl sites for hydroxylation is 1. The average Bonchev–Trinajstić information content (AvgIpc) is 2.84. The minimum Gasteiger partial charge on any atom is -0.445 e. The molecule has 2 bridgehead atoms. The van der Waals surface area contributed by atoms with Crippen LogP contribution < -0.4 is 10.6 Å². The van der Waals surface area contributed by atoms with E-state index >= 15 is 0 Å². The highest BCUT2D eigenvalue weighted by Crippen LogP contribution is 2.17. The topological polar surface area (TPSA) is 127 Å². The number of hydrogen-bond donors (Lipinski definition) is 2. The van der Waals surface area contributed by atoms with Crippen LogP contribution in [0.4, 0.5) is 4.79 Å². The van der Waals surface area contributed by atoms with Gasteiger partial charge in [-0.3, -0.25) is 14.4 Å². The Morgan fingerprint density at radius 3 is 2.68 bits per heavy atom. The van der Waals surface area contributed by atoms with Crippen molar-refractivity contribution in [3.63, 3.8) is 0 Å². The van der Waals surface area contributed by atoms with Crippen molar-refractivity contribution in [3.05, 3.63) is 59.7 Å². The Bertz CT molecular complexity index is 1020. The second-order valence-corrected chi connectivity index (χ2v) is 8.69. The van der Waals surface area contributed by atoms with E-state index in [4.69, 9.17) is 4.74 Å². The maximum absolute atomic E-state index is 13.2. The summed E-state index contributed by atoms with van der Waals surface area (Å²) in [5.74, 6) is -2.52. The predicted octanol–water partition coefficient (Wildman–Crippen LogP) is 2.18. The lowest BCUT2D eigenvalue weighted by molar-refractivity contribution is -0.141. The summed E-state index contributed by atoms with van der Waals surface area (Å²) in [7, 11) is 0. The number of hydrogen-bond acceptors (Lipinski definition) is 7. The van der Waals surface area contributed by atoms with Crippen molar-refractivity contribution in [2.45, 2.75) is 52.2 Å². The van der Waals surface area contributed by atoms with Gasteiger partial charge in [-0.15, -0.1) is 0 Å². The maximum Gasteiger partial charge on any atom is 0.408 e. The van der Waals surface area contributed by atoms with Crippen molar-refractivity contribution in [1.29, 1.82) is 0 Å². The van der Waals surface area contributed by atoms with Gasteiger partial charge in [-0.05, 0) is 30.4 Å². The van der Waals surface area contributed by atoms with Gasteiger partial charge in [-0.2, -0.15) is 0 Å². The number of amides is 2. The molecule has 0 spiro atoms. The fourth-order valence-corrected chi connectivity index (χ4v) is 3.78. The van der Waals surface area contributed by atoms with Crippen LogP contribution in [0.2, 0.25) is 0 Å². The van der Waals surface area contributed by atoms with Gasteiger partial charge in [-0.25, -0.2) is 14.8 Å². The zero-order chi connectivity index (χ0) is 24.5. The normalized spacial score (nSPS) is 17.3. The quantitative estimate of drug-likeness (QED) is 0.599. The van der Waals surface area contributed by atoms with Crippen molar-refractivity contribution in [2.24, 2.45) is 11.8 Å². The van der Waals surface area contributed by atoms with E-state index in [0.717, 1.165) is 11.3 Å². The molecule has 2 atom stereocenters. The Hall–Kier alpha value is -3.62. The van der Waals surface area contributed by atoms with E-state index in [-0.39, 0.29) is 31.1 Å². The third kappa shape index (κ3) is 7.19. The number of carbonyl (C=O) groups excluding carboxylic acids is 4. The first kappa shape index (κ1) is 25.0. The molecule has 9 nitrogen and oxygen atoms in total. The summed E-state index contributed by atoms with van der Waals surface area (Å²) in [4.78, 5) is 59.4. The van der Waals surface area contributed by atoms with E-state index < -0.39 is 29.7 Å². The number of nitrogens with zero attached hydrogens (tertiary/aromatic N) is 2. The number of ether oxygens (including phenoxy) is 1. The summed E-state index contributed by atoms with van der Waals surface area (Å²) in [6.07, 6.45) is 2.03. The summed E-state index contributed by atoms with van der Waals surface area (Å²) in [6.45, 7) is 3.99. The number of rotatable bonds is 7. The molecule has 180 valence electrons. The minimum absolute atomic E-state index is 0.0646. The van der Waals surface area contributed by atoms with E-state index in [1.807, 2.05) is 30.3 Å². The van der Waals surface area contributed by atoms with E-state index in [0.29, 0.717) is 25.2 Å². The van der Waals surface area contributed by atoms with Crippen LogP contribution >= 0.6 is 0 Å². The van der Waals surface area contributed by atoms with Crippen LogP contribution in [0.15, 0.2) is 42.6 Å². The highest BCUT2D eigenvalue weighted by molar-refractivity contribution is 6.37. The summed E-state index contributed by atoms with van der Waals surface area (Å²) in [6, 6.07) is 10.1. The van der Waals surface area contributed by atoms with E-state index in [2.05, 4.69) is 20.6 Å². The molecule has 1 aliphatic heterocycles. The van der Waals surface area contributed by atoms with Crippen molar-refractivity contribution in [1.82, 2.24) is 20.6 Å². The highest BCUT2D eigenvalue weighted by atomic mass is 16.5. The number of ketones is 2. The largest absolute Gasteiger partial charge is 0.445 e. The molecule has 2 aromatic rings. The Balaban J connectivity index is 1.69. The van der Waals surface area contributed by atoms with Crippen LogP contribution in [0, 0.1) is 11.8 Å². The van der Waals surface area contributed by atoms with Gasteiger partial charge in [-0.1, -0.05) is 44.2 Å². The van der Waals surface area contributed by atoms with Crippen LogP contribution in [-0.4, -0.2) is 46.1 Å². The van der Waals surface area contributed by atoms with Crippen LogP contribution in [0.1, 0.15) is 43.8 Å². The van der Waals surface area contributed by atoms with Crippen LogP contribution in [-0.2, 0) is 38.6 Å². The third-order valence-electron chi connectivity index (χ3n) is 5.63. The Morgan fingerprint density at radius 2 is 1.94 bits per heavy atom. The van der Waals surface area contributed by atoms with Gasteiger partial charge in [0.25, 0.3) is 5.91 Å². The molecule has 2 N–H and O–H groups in total. The van der Waals surface area contributed by atoms with Gasteiger partial charge in [0, 0.05) is 37.2 Å². The zero-order valence-electron chi connectivity index (χ0n) is 19.5. The van der Waals surface area contributed by atoms with Crippen molar-refractivity contribution in [2.75, 3.05) is 6.54 Å². The fraction of sp³-hybridized carbons (Fsp3) is 0.440. The molecule has 9 heteroatoms. The zero-order valence-corrected chi connectivity index (χ0v) is 19.5. The lowest BCUT2D eigenvalue weighted by atomic mass is 9.88. The highest BCUT2D eigenvalue weighted by Gasteiger charge is 2.33. The molecule has 34 heavy (non-hydrogen) atoms. The third-order valence-corrected chi connectivity index (χ3v) is 5.63. The van der Waals surface area contributed by atoms with Crippen LogP contribution in [0.3, 0.4) is 0 Å². The number of benzene rings is 1. The van der Waals surface area contributed by atoms with Crippen LogP contribution in [0.5, 0.6) is 0 Å². The second-order valence-electron chi connectivity index (χ2n) is 8.69. The second kappa shape index (κ2) is 12.0. The molecular formula is C25H30N4O5. The van der Waals surface area contributed by atoms with E-state index in [1.165, 1.54) is 0 Å².